The molecule has 2 heterocycles. The maximum Gasteiger partial charge on any atom is 0.264 e. The van der Waals surface area contributed by atoms with Crippen molar-refractivity contribution in [3.63, 3.8) is 0 Å². The van der Waals surface area contributed by atoms with Crippen LogP contribution in [0.5, 0.6) is 5.75 Å². The number of hydrogen-bond donors (Lipinski definition) is 2. The number of rotatable bonds is 5. The SMILES string of the molecule is COc1ccc(Cl)c(C2=NO[C@@H](C(=O)N[C@H](C)C(=O)N3CC[NH+](C)CC3)C2)c1. The molecule has 0 bridgehead atoms. The number of oxime groups is 1. The molecule has 0 aromatic heterocycles. The van der Waals surface area contributed by atoms with Gasteiger partial charge in [0.1, 0.15) is 11.8 Å². The number of ether oxygens (including phenoxy) is 1. The van der Waals surface area contributed by atoms with Gasteiger partial charge in [-0.05, 0) is 25.1 Å². The lowest BCUT2D eigenvalue weighted by Crippen LogP contribution is -3.12. The van der Waals surface area contributed by atoms with Crippen molar-refractivity contribution in [3.05, 3.63) is 28.8 Å². The molecule has 28 heavy (non-hydrogen) atoms. The first-order chi connectivity index (χ1) is 13.4. The highest BCUT2D eigenvalue weighted by molar-refractivity contribution is 6.34. The Hall–Kier alpha value is -2.32. The van der Waals surface area contributed by atoms with E-state index in [0.29, 0.717) is 35.1 Å². The third kappa shape index (κ3) is 4.56. The third-order valence-electron chi connectivity index (χ3n) is 5.10. The molecule has 1 saturated heterocycles. The summed E-state index contributed by atoms with van der Waals surface area (Å²) < 4.78 is 5.21. The molecule has 1 aromatic carbocycles. The van der Waals surface area contributed by atoms with Crippen LogP contribution in [-0.2, 0) is 14.4 Å². The van der Waals surface area contributed by atoms with Gasteiger partial charge in [0, 0.05) is 12.0 Å². The van der Waals surface area contributed by atoms with Gasteiger partial charge in [0.15, 0.2) is 0 Å². The van der Waals surface area contributed by atoms with E-state index in [0.717, 1.165) is 13.1 Å². The van der Waals surface area contributed by atoms with Gasteiger partial charge in [-0.2, -0.15) is 0 Å². The van der Waals surface area contributed by atoms with E-state index >= 15 is 0 Å². The van der Waals surface area contributed by atoms with Crippen LogP contribution in [0.3, 0.4) is 0 Å². The zero-order valence-electron chi connectivity index (χ0n) is 16.3. The maximum absolute atomic E-state index is 12.6. The van der Waals surface area contributed by atoms with Crippen molar-refractivity contribution in [1.29, 1.82) is 0 Å². The van der Waals surface area contributed by atoms with Crippen LogP contribution in [-0.4, -0.2) is 74.9 Å². The van der Waals surface area contributed by atoms with Crippen LogP contribution in [0, 0.1) is 0 Å². The summed E-state index contributed by atoms with van der Waals surface area (Å²) in [6, 6.07) is 4.61. The molecule has 1 aromatic rings. The van der Waals surface area contributed by atoms with E-state index in [4.69, 9.17) is 21.2 Å². The molecule has 0 unspecified atom stereocenters. The topological polar surface area (TPSA) is 84.7 Å². The Labute approximate surface area is 169 Å². The van der Waals surface area contributed by atoms with Crippen LogP contribution in [0.2, 0.25) is 5.02 Å². The number of amides is 2. The molecular formula is C19H26ClN4O4+. The van der Waals surface area contributed by atoms with Crippen molar-refractivity contribution in [2.24, 2.45) is 5.16 Å². The molecule has 0 radical (unpaired) electrons. The van der Waals surface area contributed by atoms with Crippen LogP contribution >= 0.6 is 11.6 Å². The minimum atomic E-state index is -0.788. The molecule has 2 aliphatic heterocycles. The number of nitrogens with zero attached hydrogens (tertiary/aromatic N) is 2. The lowest BCUT2D eigenvalue weighted by molar-refractivity contribution is -0.883. The summed E-state index contributed by atoms with van der Waals surface area (Å²) in [5, 5.41) is 7.26. The predicted molar refractivity (Wildman–Crippen MR) is 105 cm³/mol. The molecule has 0 spiro atoms. The lowest BCUT2D eigenvalue weighted by atomic mass is 10.0. The summed E-state index contributed by atoms with van der Waals surface area (Å²) in [4.78, 5) is 33.6. The first-order valence-electron chi connectivity index (χ1n) is 9.36. The zero-order chi connectivity index (χ0) is 20.3. The number of hydrogen-bond acceptors (Lipinski definition) is 5. The molecule has 152 valence electrons. The number of likely N-dealkylation sites (N-methyl/N-ethyl adjacent to an activating group) is 1. The van der Waals surface area contributed by atoms with E-state index in [1.165, 1.54) is 4.90 Å². The van der Waals surface area contributed by atoms with Gasteiger partial charge >= 0.3 is 0 Å². The van der Waals surface area contributed by atoms with Crippen LogP contribution in [0.25, 0.3) is 0 Å². The summed E-state index contributed by atoms with van der Waals surface area (Å²) >= 11 is 6.24. The van der Waals surface area contributed by atoms with Gasteiger partial charge in [-0.25, -0.2) is 0 Å². The van der Waals surface area contributed by atoms with Crippen molar-refractivity contribution in [2.45, 2.75) is 25.5 Å². The van der Waals surface area contributed by atoms with E-state index in [1.54, 1.807) is 37.1 Å². The standard InChI is InChI=1S/C19H25ClN4O4/c1-12(19(26)24-8-6-23(2)7-9-24)21-18(25)17-11-16(22-28-17)14-10-13(27-3)4-5-15(14)20/h4-5,10,12,17H,6-9,11H2,1-3H3,(H,21,25)/p+1/t12-,17-/m1/s1. The van der Waals surface area contributed by atoms with Crippen LogP contribution in [0.1, 0.15) is 18.9 Å². The molecule has 8 nitrogen and oxygen atoms in total. The molecule has 2 aliphatic rings. The highest BCUT2D eigenvalue weighted by atomic mass is 35.5. The second kappa shape index (κ2) is 8.79. The number of benzene rings is 1. The number of halogens is 1. The molecule has 2 N–H and O–H groups in total. The van der Waals surface area contributed by atoms with Crippen LogP contribution < -0.4 is 15.0 Å². The van der Waals surface area contributed by atoms with Crippen molar-refractivity contribution >= 4 is 29.1 Å². The van der Waals surface area contributed by atoms with E-state index in [9.17, 15) is 9.59 Å². The van der Waals surface area contributed by atoms with Crippen molar-refractivity contribution < 1.29 is 24.1 Å². The van der Waals surface area contributed by atoms with Crippen LogP contribution in [0.15, 0.2) is 23.4 Å². The fraction of sp³-hybridized carbons (Fsp3) is 0.526. The molecule has 3 rings (SSSR count). The highest BCUT2D eigenvalue weighted by Gasteiger charge is 2.33. The Morgan fingerprint density at radius 2 is 2.11 bits per heavy atom. The smallest absolute Gasteiger partial charge is 0.264 e. The van der Waals surface area contributed by atoms with E-state index in [1.807, 2.05) is 0 Å². The Morgan fingerprint density at radius 1 is 1.39 bits per heavy atom. The molecule has 2 atom stereocenters. The number of piperazine rings is 1. The molecule has 1 fully saturated rings. The number of nitrogens with one attached hydrogen (secondary N) is 2. The summed E-state index contributed by atoms with van der Waals surface area (Å²) in [5.41, 5.74) is 1.24. The van der Waals surface area contributed by atoms with E-state index in [-0.39, 0.29) is 18.2 Å². The fourth-order valence-electron chi connectivity index (χ4n) is 3.28. The largest absolute Gasteiger partial charge is 0.497 e. The minimum Gasteiger partial charge on any atom is -0.497 e. The average molecular weight is 410 g/mol. The number of quaternary nitrogens is 1. The Kier molecular flexibility index (Phi) is 6.41. The number of carbonyl (C=O) groups is 2. The second-order valence-electron chi connectivity index (χ2n) is 7.19. The molecule has 0 aliphatic carbocycles. The first-order valence-corrected chi connectivity index (χ1v) is 9.74. The molecule has 2 amide bonds. The van der Waals surface area contributed by atoms with Gasteiger partial charge < -0.3 is 24.7 Å². The van der Waals surface area contributed by atoms with Gasteiger partial charge in [-0.1, -0.05) is 16.8 Å². The Bertz CT molecular complexity index is 777. The summed E-state index contributed by atoms with van der Waals surface area (Å²) in [5.74, 6) is 0.206. The van der Waals surface area contributed by atoms with Crippen molar-refractivity contribution in [2.75, 3.05) is 40.3 Å². The normalized spacial score (nSPS) is 20.9. The van der Waals surface area contributed by atoms with Gasteiger partial charge in [0.25, 0.3) is 5.91 Å². The lowest BCUT2D eigenvalue weighted by Gasteiger charge is -2.32. The fourth-order valence-corrected chi connectivity index (χ4v) is 3.51. The first kappa shape index (κ1) is 20.4. The molecule has 9 heteroatoms. The Morgan fingerprint density at radius 3 is 2.79 bits per heavy atom. The highest BCUT2D eigenvalue weighted by Crippen LogP contribution is 2.27. The average Bonchev–Trinajstić information content (AvgIpc) is 3.18. The summed E-state index contributed by atoms with van der Waals surface area (Å²) in [6.07, 6.45) is -0.512. The van der Waals surface area contributed by atoms with E-state index < -0.39 is 12.1 Å². The quantitative estimate of drug-likeness (QED) is 0.699. The third-order valence-corrected chi connectivity index (χ3v) is 5.43. The van der Waals surface area contributed by atoms with E-state index in [2.05, 4.69) is 17.5 Å². The van der Waals surface area contributed by atoms with Crippen molar-refractivity contribution in [3.8, 4) is 5.75 Å². The summed E-state index contributed by atoms with van der Waals surface area (Å²) in [6.45, 7) is 4.92. The van der Waals surface area contributed by atoms with Gasteiger partial charge in [-0.15, -0.1) is 0 Å². The summed E-state index contributed by atoms with van der Waals surface area (Å²) in [7, 11) is 3.67. The zero-order valence-corrected chi connectivity index (χ0v) is 17.1. The molecular weight excluding hydrogens is 384 g/mol. The van der Waals surface area contributed by atoms with Gasteiger partial charge in [0.05, 0.1) is 51.1 Å². The molecule has 0 saturated carbocycles. The van der Waals surface area contributed by atoms with Gasteiger partial charge in [0.2, 0.25) is 12.0 Å². The number of methoxy groups -OCH3 is 1. The van der Waals surface area contributed by atoms with Crippen molar-refractivity contribution in [1.82, 2.24) is 10.2 Å². The Balaban J connectivity index is 1.56. The van der Waals surface area contributed by atoms with Crippen LogP contribution in [0.4, 0.5) is 0 Å². The second-order valence-corrected chi connectivity index (χ2v) is 7.60. The predicted octanol–water partition coefficient (Wildman–Crippen LogP) is -0.297. The maximum atomic E-state index is 12.6. The van der Waals surface area contributed by atoms with Gasteiger partial charge in [-0.3, -0.25) is 9.59 Å². The number of carbonyl (C=O) groups excluding carboxylic acids is 2. The monoisotopic (exact) mass is 409 g/mol. The minimum absolute atomic E-state index is 0.0733.